The number of benzene rings is 1. The topological polar surface area (TPSA) is 41.6 Å². The fraction of sp³-hybridized carbons (Fsp3) is 0.611. The highest BCUT2D eigenvalue weighted by Crippen LogP contribution is 2.18. The fourth-order valence-electron chi connectivity index (χ4n) is 2.76. The van der Waals surface area contributed by atoms with Crippen molar-refractivity contribution >= 4 is 17.7 Å². The first-order valence-electron chi connectivity index (χ1n) is 8.33. The highest BCUT2D eigenvalue weighted by Gasteiger charge is 2.23. The van der Waals surface area contributed by atoms with E-state index in [9.17, 15) is 4.79 Å². The Bertz CT molecular complexity index is 469. The maximum absolute atomic E-state index is 12.2. The summed E-state index contributed by atoms with van der Waals surface area (Å²) < 4.78 is 5.12. The number of hydrogen-bond acceptors (Lipinski definition) is 4. The summed E-state index contributed by atoms with van der Waals surface area (Å²) in [5.41, 5.74) is 1.27. The molecule has 4 nitrogen and oxygen atoms in total. The molecule has 0 radical (unpaired) electrons. The van der Waals surface area contributed by atoms with Crippen LogP contribution in [0.4, 0.5) is 0 Å². The number of nitrogens with one attached hydrogen (secondary N) is 1. The van der Waals surface area contributed by atoms with Crippen LogP contribution < -0.4 is 5.32 Å². The van der Waals surface area contributed by atoms with Crippen LogP contribution in [0.3, 0.4) is 0 Å². The fourth-order valence-corrected chi connectivity index (χ4v) is 3.63. The highest BCUT2D eigenvalue weighted by atomic mass is 32.2. The molecule has 0 bridgehead atoms. The van der Waals surface area contributed by atoms with E-state index < -0.39 is 0 Å². The van der Waals surface area contributed by atoms with Gasteiger partial charge in [-0.15, -0.1) is 11.8 Å². The summed E-state index contributed by atoms with van der Waals surface area (Å²) in [5, 5.41) is 3.11. The van der Waals surface area contributed by atoms with Gasteiger partial charge < -0.3 is 15.0 Å². The quantitative estimate of drug-likeness (QED) is 0.752. The van der Waals surface area contributed by atoms with Crippen LogP contribution in [0.1, 0.15) is 18.9 Å². The molecule has 1 N–H and O–H groups in total. The van der Waals surface area contributed by atoms with E-state index in [2.05, 4.69) is 22.3 Å². The second-order valence-electron chi connectivity index (χ2n) is 6.13. The van der Waals surface area contributed by atoms with Crippen molar-refractivity contribution in [1.29, 1.82) is 0 Å². The summed E-state index contributed by atoms with van der Waals surface area (Å²) in [5.74, 6) is 1.60. The number of likely N-dealkylation sites (tertiary alicyclic amines) is 1. The molecular weight excluding hydrogens is 308 g/mol. The molecule has 1 aromatic carbocycles. The van der Waals surface area contributed by atoms with Crippen molar-refractivity contribution < 1.29 is 9.53 Å². The molecule has 0 aliphatic carbocycles. The van der Waals surface area contributed by atoms with E-state index in [-0.39, 0.29) is 11.2 Å². The molecule has 1 aromatic rings. The smallest absolute Gasteiger partial charge is 0.232 e. The molecule has 1 aliphatic rings. The minimum atomic E-state index is -0.0128. The Labute approximate surface area is 144 Å². The number of hydrogen-bond donors (Lipinski definition) is 1. The average Bonchev–Trinajstić information content (AvgIpc) is 3.04. The zero-order chi connectivity index (χ0) is 16.5. The van der Waals surface area contributed by atoms with Gasteiger partial charge in [0.05, 0.1) is 11.9 Å². The molecule has 23 heavy (non-hydrogen) atoms. The Morgan fingerprint density at radius 3 is 2.96 bits per heavy atom. The number of ether oxygens (including phenoxy) is 1. The van der Waals surface area contributed by atoms with E-state index in [1.807, 2.05) is 25.1 Å². The van der Waals surface area contributed by atoms with Crippen LogP contribution in [0, 0.1) is 5.92 Å². The third kappa shape index (κ3) is 6.53. The van der Waals surface area contributed by atoms with Gasteiger partial charge in [0, 0.05) is 32.5 Å². The van der Waals surface area contributed by atoms with E-state index in [4.69, 9.17) is 4.74 Å². The summed E-state index contributed by atoms with van der Waals surface area (Å²) in [6.07, 6.45) is 1.16. The molecule has 1 fully saturated rings. The van der Waals surface area contributed by atoms with Gasteiger partial charge >= 0.3 is 0 Å². The van der Waals surface area contributed by atoms with Crippen LogP contribution in [0.15, 0.2) is 30.3 Å². The molecule has 2 rings (SSSR count). The first kappa shape index (κ1) is 18.3. The van der Waals surface area contributed by atoms with Crippen molar-refractivity contribution in [3.63, 3.8) is 0 Å². The predicted octanol–water partition coefficient (Wildman–Crippen LogP) is 2.39. The van der Waals surface area contributed by atoms with E-state index in [1.165, 1.54) is 5.56 Å². The van der Waals surface area contributed by atoms with Crippen LogP contribution in [0.2, 0.25) is 0 Å². The van der Waals surface area contributed by atoms with Crippen LogP contribution in [0.5, 0.6) is 0 Å². The molecular formula is C18H28N2O2S. The maximum atomic E-state index is 12.2. The van der Waals surface area contributed by atoms with Gasteiger partial charge in [0.2, 0.25) is 5.91 Å². The monoisotopic (exact) mass is 336 g/mol. The van der Waals surface area contributed by atoms with E-state index in [0.29, 0.717) is 5.92 Å². The lowest BCUT2D eigenvalue weighted by molar-refractivity contribution is -0.120. The third-order valence-corrected chi connectivity index (χ3v) is 5.47. The van der Waals surface area contributed by atoms with Crippen LogP contribution >= 0.6 is 11.8 Å². The predicted molar refractivity (Wildman–Crippen MR) is 96.6 cm³/mol. The van der Waals surface area contributed by atoms with Gasteiger partial charge in [-0.2, -0.15) is 0 Å². The molecule has 0 aromatic heterocycles. The average molecular weight is 337 g/mol. The molecule has 5 heteroatoms. The van der Waals surface area contributed by atoms with E-state index in [1.54, 1.807) is 18.9 Å². The van der Waals surface area contributed by atoms with Crippen molar-refractivity contribution in [2.75, 3.05) is 39.9 Å². The molecule has 1 heterocycles. The zero-order valence-electron chi connectivity index (χ0n) is 14.2. The number of methoxy groups -OCH3 is 1. The van der Waals surface area contributed by atoms with Crippen LogP contribution in [-0.4, -0.2) is 56.0 Å². The number of nitrogens with zero attached hydrogens (tertiary/aromatic N) is 1. The third-order valence-electron chi connectivity index (χ3n) is 4.26. The minimum absolute atomic E-state index is 0.0128. The molecule has 2 atom stereocenters. The van der Waals surface area contributed by atoms with Crippen molar-refractivity contribution in [2.45, 2.75) is 24.3 Å². The number of thioether (sulfide) groups is 1. The SMILES string of the molecule is COCCN1CC[C@@H](CNC(=O)[C@H](C)SCc2ccccc2)C1. The molecule has 0 saturated carbocycles. The van der Waals surface area contributed by atoms with Crippen LogP contribution in [0.25, 0.3) is 0 Å². The first-order chi connectivity index (χ1) is 11.2. The molecule has 128 valence electrons. The highest BCUT2D eigenvalue weighted by molar-refractivity contribution is 7.99. The molecule has 1 saturated heterocycles. The Hall–Kier alpha value is -1.04. The first-order valence-corrected chi connectivity index (χ1v) is 9.38. The molecule has 0 spiro atoms. The van der Waals surface area contributed by atoms with Gasteiger partial charge in [0.15, 0.2) is 0 Å². The standard InChI is InChI=1S/C18H28N2O2S/c1-15(23-14-16-6-4-3-5-7-16)18(21)19-12-17-8-9-20(13-17)10-11-22-2/h3-7,15,17H,8-14H2,1-2H3,(H,19,21)/t15-,17-/m0/s1. The Morgan fingerprint density at radius 1 is 1.43 bits per heavy atom. The minimum Gasteiger partial charge on any atom is -0.383 e. The summed E-state index contributed by atoms with van der Waals surface area (Å²) in [6.45, 7) is 6.73. The van der Waals surface area contributed by atoms with E-state index in [0.717, 1.165) is 45.0 Å². The Balaban J connectivity index is 1.62. The van der Waals surface area contributed by atoms with Crippen molar-refractivity contribution in [3.05, 3.63) is 35.9 Å². The van der Waals surface area contributed by atoms with E-state index >= 15 is 0 Å². The largest absolute Gasteiger partial charge is 0.383 e. The van der Waals surface area contributed by atoms with Crippen molar-refractivity contribution in [1.82, 2.24) is 10.2 Å². The van der Waals surface area contributed by atoms with Gasteiger partial charge in [-0.25, -0.2) is 0 Å². The summed E-state index contributed by atoms with van der Waals surface area (Å²) in [6, 6.07) is 10.3. The lowest BCUT2D eigenvalue weighted by Gasteiger charge is -2.17. The second-order valence-corrected chi connectivity index (χ2v) is 7.46. The lowest BCUT2D eigenvalue weighted by atomic mass is 10.1. The van der Waals surface area contributed by atoms with Gasteiger partial charge in [0.1, 0.15) is 0 Å². The van der Waals surface area contributed by atoms with Gasteiger partial charge in [-0.3, -0.25) is 4.79 Å². The van der Waals surface area contributed by atoms with Gasteiger partial charge in [0.25, 0.3) is 0 Å². The lowest BCUT2D eigenvalue weighted by Crippen LogP contribution is -2.36. The van der Waals surface area contributed by atoms with Gasteiger partial charge in [-0.1, -0.05) is 30.3 Å². The number of rotatable bonds is 9. The normalized spacial score (nSPS) is 19.7. The molecule has 1 amide bonds. The van der Waals surface area contributed by atoms with Crippen LogP contribution in [-0.2, 0) is 15.3 Å². The number of amides is 1. The molecule has 1 aliphatic heterocycles. The van der Waals surface area contributed by atoms with Crippen molar-refractivity contribution in [3.8, 4) is 0 Å². The van der Waals surface area contributed by atoms with Gasteiger partial charge in [-0.05, 0) is 31.4 Å². The summed E-state index contributed by atoms with van der Waals surface area (Å²) in [7, 11) is 1.74. The zero-order valence-corrected chi connectivity index (χ0v) is 15.0. The van der Waals surface area contributed by atoms with Crippen molar-refractivity contribution in [2.24, 2.45) is 5.92 Å². The maximum Gasteiger partial charge on any atom is 0.232 e. The summed E-state index contributed by atoms with van der Waals surface area (Å²) in [4.78, 5) is 14.6. The Kier molecular flexibility index (Phi) is 7.92. The number of carbonyl (C=O) groups is 1. The Morgan fingerprint density at radius 2 is 2.22 bits per heavy atom. The molecule has 0 unspecified atom stereocenters. The second kappa shape index (κ2) is 9.96. The number of carbonyl (C=O) groups excluding carboxylic acids is 1. The summed E-state index contributed by atoms with van der Waals surface area (Å²) >= 11 is 1.69.